The number of hydrogen-bond donors (Lipinski definition) is 0. The van der Waals surface area contributed by atoms with Crippen molar-refractivity contribution in [2.24, 2.45) is 0 Å². The molecular formula is C15H15N3S. The molecule has 0 aliphatic carbocycles. The van der Waals surface area contributed by atoms with Crippen molar-refractivity contribution in [1.29, 1.82) is 0 Å². The first-order valence-corrected chi connectivity index (χ1v) is 7.08. The molecule has 3 aromatic heterocycles. The van der Waals surface area contributed by atoms with Crippen molar-refractivity contribution in [3.05, 3.63) is 58.6 Å². The van der Waals surface area contributed by atoms with E-state index >= 15 is 0 Å². The highest BCUT2D eigenvalue weighted by molar-refractivity contribution is 7.09. The van der Waals surface area contributed by atoms with Crippen molar-refractivity contribution in [2.75, 3.05) is 0 Å². The minimum Gasteiger partial charge on any atom is -0.348 e. The Morgan fingerprint density at radius 1 is 1.26 bits per heavy atom. The lowest BCUT2D eigenvalue weighted by molar-refractivity contribution is 0.785. The molecule has 0 aliphatic rings. The lowest BCUT2D eigenvalue weighted by atomic mass is 10.1. The molecule has 0 aromatic carbocycles. The third kappa shape index (κ3) is 2.58. The predicted molar refractivity (Wildman–Crippen MR) is 78.4 cm³/mol. The first kappa shape index (κ1) is 12.1. The van der Waals surface area contributed by atoms with Gasteiger partial charge >= 0.3 is 0 Å². The van der Waals surface area contributed by atoms with Gasteiger partial charge in [0.1, 0.15) is 0 Å². The molecule has 4 heteroatoms. The molecule has 3 aromatic rings. The number of aryl methyl sites for hydroxylation is 2. The first-order valence-electron chi connectivity index (χ1n) is 6.20. The maximum absolute atomic E-state index is 4.49. The van der Waals surface area contributed by atoms with E-state index in [1.54, 1.807) is 11.3 Å². The van der Waals surface area contributed by atoms with E-state index in [0.717, 1.165) is 17.2 Å². The van der Waals surface area contributed by atoms with Crippen LogP contribution in [0.2, 0.25) is 0 Å². The number of pyridine rings is 1. The molecule has 0 radical (unpaired) electrons. The van der Waals surface area contributed by atoms with Crippen molar-refractivity contribution >= 4 is 11.3 Å². The zero-order valence-electron chi connectivity index (χ0n) is 11.0. The molecule has 3 nitrogen and oxygen atoms in total. The molecule has 0 spiro atoms. The fourth-order valence-corrected chi connectivity index (χ4v) is 2.74. The van der Waals surface area contributed by atoms with Crippen LogP contribution in [-0.2, 0) is 6.54 Å². The maximum atomic E-state index is 4.49. The molecule has 19 heavy (non-hydrogen) atoms. The molecule has 3 heterocycles. The third-order valence-corrected chi connectivity index (χ3v) is 3.93. The molecule has 3 rings (SSSR count). The second-order valence-electron chi connectivity index (χ2n) is 4.62. The number of nitrogens with zero attached hydrogens (tertiary/aromatic N) is 3. The first-order chi connectivity index (χ1) is 9.22. The van der Waals surface area contributed by atoms with E-state index in [2.05, 4.69) is 45.3 Å². The van der Waals surface area contributed by atoms with Crippen LogP contribution in [0, 0.1) is 13.8 Å². The third-order valence-electron chi connectivity index (χ3n) is 3.11. The molecule has 96 valence electrons. The Morgan fingerprint density at radius 2 is 2.16 bits per heavy atom. The van der Waals surface area contributed by atoms with Crippen molar-refractivity contribution in [1.82, 2.24) is 14.5 Å². The Balaban J connectivity index is 1.86. The second kappa shape index (κ2) is 4.97. The van der Waals surface area contributed by atoms with E-state index in [-0.39, 0.29) is 0 Å². The SMILES string of the molecule is Cc1nc(Cn2ccc(-c3cnccc3C)c2)cs1. The highest BCUT2D eigenvalue weighted by atomic mass is 32.1. The van der Waals surface area contributed by atoms with Crippen LogP contribution in [0.1, 0.15) is 16.3 Å². The molecule has 0 saturated carbocycles. The van der Waals surface area contributed by atoms with Crippen LogP contribution in [0.25, 0.3) is 11.1 Å². The molecular weight excluding hydrogens is 254 g/mol. The lowest BCUT2D eigenvalue weighted by Gasteiger charge is -2.02. The van der Waals surface area contributed by atoms with Gasteiger partial charge in [0.25, 0.3) is 0 Å². The second-order valence-corrected chi connectivity index (χ2v) is 5.68. The molecule has 0 amide bonds. The topological polar surface area (TPSA) is 30.7 Å². The van der Waals surface area contributed by atoms with Crippen LogP contribution in [0.4, 0.5) is 0 Å². The van der Waals surface area contributed by atoms with Gasteiger partial charge in [-0.05, 0) is 31.5 Å². The lowest BCUT2D eigenvalue weighted by Crippen LogP contribution is -1.96. The fraction of sp³-hybridized carbons (Fsp3) is 0.200. The minimum absolute atomic E-state index is 0.823. The number of hydrogen-bond acceptors (Lipinski definition) is 3. The summed E-state index contributed by atoms with van der Waals surface area (Å²) in [6.07, 6.45) is 7.99. The molecule has 0 aliphatic heterocycles. The van der Waals surface area contributed by atoms with Crippen LogP contribution < -0.4 is 0 Å². The van der Waals surface area contributed by atoms with Gasteiger partial charge in [-0.2, -0.15) is 0 Å². The Labute approximate surface area is 116 Å². The van der Waals surface area contributed by atoms with Gasteiger partial charge in [-0.25, -0.2) is 4.98 Å². The summed E-state index contributed by atoms with van der Waals surface area (Å²) in [4.78, 5) is 8.69. The molecule has 0 N–H and O–H groups in total. The quantitative estimate of drug-likeness (QED) is 0.726. The summed E-state index contributed by atoms with van der Waals surface area (Å²) >= 11 is 1.69. The summed E-state index contributed by atoms with van der Waals surface area (Å²) in [6.45, 7) is 4.97. The summed E-state index contributed by atoms with van der Waals surface area (Å²) in [7, 11) is 0. The zero-order chi connectivity index (χ0) is 13.2. The smallest absolute Gasteiger partial charge is 0.0898 e. The Morgan fingerprint density at radius 3 is 2.89 bits per heavy atom. The molecule has 0 saturated heterocycles. The predicted octanol–water partition coefficient (Wildman–Crippen LogP) is 3.67. The van der Waals surface area contributed by atoms with E-state index in [0.29, 0.717) is 0 Å². The molecule has 0 atom stereocenters. The van der Waals surface area contributed by atoms with E-state index in [9.17, 15) is 0 Å². The standard InChI is InChI=1S/C15H15N3S/c1-11-3-5-16-7-15(11)13-4-6-18(8-13)9-14-10-19-12(2)17-14/h3-8,10H,9H2,1-2H3. The van der Waals surface area contributed by atoms with Crippen LogP contribution in [-0.4, -0.2) is 14.5 Å². The fourth-order valence-electron chi connectivity index (χ4n) is 2.13. The van der Waals surface area contributed by atoms with Gasteiger partial charge in [0.2, 0.25) is 0 Å². The van der Waals surface area contributed by atoms with Crippen LogP contribution in [0.3, 0.4) is 0 Å². The Hall–Kier alpha value is -1.94. The van der Waals surface area contributed by atoms with Crippen molar-refractivity contribution in [2.45, 2.75) is 20.4 Å². The summed E-state index contributed by atoms with van der Waals surface area (Å²) < 4.78 is 2.16. The summed E-state index contributed by atoms with van der Waals surface area (Å²) in [5, 5.41) is 3.23. The zero-order valence-corrected chi connectivity index (χ0v) is 11.8. The van der Waals surface area contributed by atoms with Crippen molar-refractivity contribution < 1.29 is 0 Å². The average Bonchev–Trinajstić information content (AvgIpc) is 3.00. The van der Waals surface area contributed by atoms with Crippen LogP contribution in [0.15, 0.2) is 42.3 Å². The number of rotatable bonds is 3. The largest absolute Gasteiger partial charge is 0.348 e. The minimum atomic E-state index is 0.823. The van der Waals surface area contributed by atoms with Gasteiger partial charge in [-0.1, -0.05) is 0 Å². The van der Waals surface area contributed by atoms with Crippen molar-refractivity contribution in [3.63, 3.8) is 0 Å². The average molecular weight is 269 g/mol. The van der Waals surface area contributed by atoms with E-state index in [4.69, 9.17) is 0 Å². The maximum Gasteiger partial charge on any atom is 0.0898 e. The van der Waals surface area contributed by atoms with E-state index in [1.807, 2.05) is 25.4 Å². The number of aromatic nitrogens is 3. The van der Waals surface area contributed by atoms with Gasteiger partial charge in [-0.3, -0.25) is 4.98 Å². The number of thiazole rings is 1. The monoisotopic (exact) mass is 269 g/mol. The summed E-state index contributed by atoms with van der Waals surface area (Å²) in [6, 6.07) is 4.17. The van der Waals surface area contributed by atoms with Gasteiger partial charge in [0.15, 0.2) is 0 Å². The molecule has 0 unspecified atom stereocenters. The van der Waals surface area contributed by atoms with E-state index in [1.165, 1.54) is 16.7 Å². The van der Waals surface area contributed by atoms with Crippen molar-refractivity contribution in [3.8, 4) is 11.1 Å². The highest BCUT2D eigenvalue weighted by Crippen LogP contribution is 2.22. The van der Waals surface area contributed by atoms with Gasteiger partial charge in [0, 0.05) is 41.3 Å². The molecule has 0 fully saturated rings. The van der Waals surface area contributed by atoms with Gasteiger partial charge < -0.3 is 4.57 Å². The van der Waals surface area contributed by atoms with Gasteiger partial charge in [0.05, 0.1) is 17.2 Å². The summed E-state index contributed by atoms with van der Waals surface area (Å²) in [5.74, 6) is 0. The molecule has 0 bridgehead atoms. The van der Waals surface area contributed by atoms with Gasteiger partial charge in [-0.15, -0.1) is 11.3 Å². The highest BCUT2D eigenvalue weighted by Gasteiger charge is 2.05. The van der Waals surface area contributed by atoms with E-state index < -0.39 is 0 Å². The Kier molecular flexibility index (Phi) is 3.17. The van der Waals surface area contributed by atoms with Crippen LogP contribution in [0.5, 0.6) is 0 Å². The Bertz CT molecular complexity index is 697. The van der Waals surface area contributed by atoms with Crippen LogP contribution >= 0.6 is 11.3 Å². The normalized spacial score (nSPS) is 10.8. The summed E-state index contributed by atoms with van der Waals surface area (Å²) in [5.41, 5.74) is 4.76.